The minimum Gasteiger partial charge on any atom is -0.302 e. The van der Waals surface area contributed by atoms with E-state index in [1.54, 1.807) is 0 Å². The second-order valence-corrected chi connectivity index (χ2v) is 5.78. The van der Waals surface area contributed by atoms with Gasteiger partial charge in [0.05, 0.1) is 6.67 Å². The van der Waals surface area contributed by atoms with E-state index in [1.807, 2.05) is 0 Å². The summed E-state index contributed by atoms with van der Waals surface area (Å²) in [5, 5.41) is 0. The number of likely N-dealkylation sites (N-methyl/N-ethyl adjacent to an activating group) is 4. The maximum atomic E-state index is 2.61. The molecule has 0 aliphatic carbocycles. The molecule has 0 aromatic carbocycles. The topological polar surface area (TPSA) is 13.0 Å². The molecule has 1 aliphatic heterocycles. The van der Waals surface area contributed by atoms with Gasteiger partial charge in [-0.25, -0.2) is 0 Å². The number of hydrogen-bond donors (Lipinski definition) is 0. The molecule has 0 saturated carbocycles. The molecule has 0 atom stereocenters. The lowest BCUT2D eigenvalue weighted by molar-refractivity contribution is 0.105. The second-order valence-electron chi connectivity index (χ2n) is 5.78. The van der Waals surface area contributed by atoms with Crippen LogP contribution in [-0.4, -0.2) is 91.7 Å². The summed E-state index contributed by atoms with van der Waals surface area (Å²) in [5.41, 5.74) is 0. The standard InChI is InChI=1S/C16H36N4/c1-5-17-10-9-11-18(6-2)13-15-20(8-4)16-19(7-3)14-12-17/h5-16H2,1-4H3. The maximum absolute atomic E-state index is 2.61. The van der Waals surface area contributed by atoms with Crippen LogP contribution in [0.1, 0.15) is 34.1 Å². The minimum absolute atomic E-state index is 1.13. The zero-order valence-electron chi connectivity index (χ0n) is 14.3. The Hall–Kier alpha value is -0.160. The fourth-order valence-corrected chi connectivity index (χ4v) is 2.88. The van der Waals surface area contributed by atoms with Crippen LogP contribution >= 0.6 is 0 Å². The summed E-state index contributed by atoms with van der Waals surface area (Å²) in [7, 11) is 0. The van der Waals surface area contributed by atoms with E-state index in [9.17, 15) is 0 Å². The highest BCUT2D eigenvalue weighted by molar-refractivity contribution is 4.68. The summed E-state index contributed by atoms with van der Waals surface area (Å²) in [4.78, 5) is 10.4. The van der Waals surface area contributed by atoms with Crippen molar-refractivity contribution < 1.29 is 0 Å². The maximum Gasteiger partial charge on any atom is 0.0507 e. The third-order valence-electron chi connectivity index (χ3n) is 4.60. The molecule has 0 aromatic rings. The first kappa shape index (κ1) is 17.9. The summed E-state index contributed by atoms with van der Waals surface area (Å²) >= 11 is 0. The predicted octanol–water partition coefficient (Wildman–Crippen LogP) is 1.64. The van der Waals surface area contributed by atoms with Gasteiger partial charge in [-0.2, -0.15) is 0 Å². The molecule has 0 aromatic heterocycles. The van der Waals surface area contributed by atoms with E-state index in [1.165, 1.54) is 58.8 Å². The van der Waals surface area contributed by atoms with Gasteiger partial charge in [0.2, 0.25) is 0 Å². The molecule has 4 heteroatoms. The molecule has 0 amide bonds. The van der Waals surface area contributed by atoms with Crippen molar-refractivity contribution in [2.45, 2.75) is 34.1 Å². The molecule has 0 N–H and O–H groups in total. The molecular formula is C16H36N4. The first-order valence-corrected chi connectivity index (χ1v) is 8.62. The molecule has 1 saturated heterocycles. The van der Waals surface area contributed by atoms with E-state index >= 15 is 0 Å². The molecular weight excluding hydrogens is 248 g/mol. The third kappa shape index (κ3) is 6.53. The normalized spacial score (nSPS) is 23.4. The molecule has 0 unspecified atom stereocenters. The monoisotopic (exact) mass is 284 g/mol. The average molecular weight is 284 g/mol. The Morgan fingerprint density at radius 3 is 1.20 bits per heavy atom. The van der Waals surface area contributed by atoms with Crippen molar-refractivity contribution >= 4 is 0 Å². The Labute approximate surface area is 126 Å². The Bertz CT molecular complexity index is 213. The van der Waals surface area contributed by atoms with Crippen LogP contribution in [0.4, 0.5) is 0 Å². The van der Waals surface area contributed by atoms with Crippen LogP contribution in [0.15, 0.2) is 0 Å². The van der Waals surface area contributed by atoms with Gasteiger partial charge in [0.1, 0.15) is 0 Å². The van der Waals surface area contributed by atoms with E-state index in [0.717, 1.165) is 19.8 Å². The van der Waals surface area contributed by atoms with Crippen LogP contribution in [0.3, 0.4) is 0 Å². The summed E-state index contributed by atoms with van der Waals surface area (Å²) in [6, 6.07) is 0. The second kappa shape index (κ2) is 10.6. The molecule has 0 spiro atoms. The molecule has 1 aliphatic rings. The largest absolute Gasteiger partial charge is 0.302 e. The van der Waals surface area contributed by atoms with Crippen LogP contribution in [0.25, 0.3) is 0 Å². The quantitative estimate of drug-likeness (QED) is 0.778. The Balaban J connectivity index is 2.61. The summed E-state index contributed by atoms with van der Waals surface area (Å²) in [5.74, 6) is 0. The van der Waals surface area contributed by atoms with Gasteiger partial charge < -0.3 is 9.80 Å². The first-order chi connectivity index (χ1) is 9.73. The van der Waals surface area contributed by atoms with Gasteiger partial charge in [0, 0.05) is 26.2 Å². The molecule has 0 bridgehead atoms. The van der Waals surface area contributed by atoms with Crippen molar-refractivity contribution in [3.05, 3.63) is 0 Å². The molecule has 1 rings (SSSR count). The van der Waals surface area contributed by atoms with Gasteiger partial charge in [-0.3, -0.25) is 9.80 Å². The molecule has 20 heavy (non-hydrogen) atoms. The average Bonchev–Trinajstić information content (AvgIpc) is 2.48. The van der Waals surface area contributed by atoms with Crippen molar-refractivity contribution in [3.8, 4) is 0 Å². The highest BCUT2D eigenvalue weighted by atomic mass is 15.3. The third-order valence-corrected chi connectivity index (χ3v) is 4.60. The van der Waals surface area contributed by atoms with Crippen molar-refractivity contribution in [1.82, 2.24) is 19.6 Å². The van der Waals surface area contributed by atoms with Crippen LogP contribution < -0.4 is 0 Å². The van der Waals surface area contributed by atoms with Gasteiger partial charge in [0.15, 0.2) is 0 Å². The molecule has 120 valence electrons. The minimum atomic E-state index is 1.13. The lowest BCUT2D eigenvalue weighted by Gasteiger charge is -2.34. The number of nitrogens with zero attached hydrogens (tertiary/aromatic N) is 4. The van der Waals surface area contributed by atoms with Crippen molar-refractivity contribution in [3.63, 3.8) is 0 Å². The van der Waals surface area contributed by atoms with E-state index in [4.69, 9.17) is 0 Å². The van der Waals surface area contributed by atoms with E-state index in [2.05, 4.69) is 47.3 Å². The predicted molar refractivity (Wildman–Crippen MR) is 88.2 cm³/mol. The van der Waals surface area contributed by atoms with Gasteiger partial charge in [-0.05, 0) is 45.7 Å². The van der Waals surface area contributed by atoms with Gasteiger partial charge in [0.25, 0.3) is 0 Å². The van der Waals surface area contributed by atoms with E-state index < -0.39 is 0 Å². The molecule has 1 fully saturated rings. The van der Waals surface area contributed by atoms with Crippen LogP contribution in [0, 0.1) is 0 Å². The van der Waals surface area contributed by atoms with Gasteiger partial charge in [-0.1, -0.05) is 27.7 Å². The van der Waals surface area contributed by atoms with Gasteiger partial charge >= 0.3 is 0 Å². The lowest BCUT2D eigenvalue weighted by Crippen LogP contribution is -2.45. The molecule has 0 radical (unpaired) electrons. The van der Waals surface area contributed by atoms with Crippen LogP contribution in [0.2, 0.25) is 0 Å². The Morgan fingerprint density at radius 1 is 0.500 bits per heavy atom. The highest BCUT2D eigenvalue weighted by Crippen LogP contribution is 2.02. The Kier molecular flexibility index (Phi) is 9.44. The van der Waals surface area contributed by atoms with E-state index in [-0.39, 0.29) is 0 Å². The first-order valence-electron chi connectivity index (χ1n) is 8.62. The SMILES string of the molecule is CCN1CCCN(CC)CCN(CC)CN(CC)CC1. The summed E-state index contributed by atoms with van der Waals surface area (Å²) in [6.45, 7) is 22.3. The fourth-order valence-electron chi connectivity index (χ4n) is 2.88. The number of rotatable bonds is 4. The fraction of sp³-hybridized carbons (Fsp3) is 1.00. The summed E-state index contributed by atoms with van der Waals surface area (Å²) < 4.78 is 0. The molecule has 4 nitrogen and oxygen atoms in total. The van der Waals surface area contributed by atoms with Gasteiger partial charge in [-0.15, -0.1) is 0 Å². The van der Waals surface area contributed by atoms with Crippen molar-refractivity contribution in [2.75, 3.05) is 72.1 Å². The van der Waals surface area contributed by atoms with Crippen molar-refractivity contribution in [2.24, 2.45) is 0 Å². The highest BCUT2D eigenvalue weighted by Gasteiger charge is 2.13. The Morgan fingerprint density at radius 2 is 0.850 bits per heavy atom. The smallest absolute Gasteiger partial charge is 0.0507 e. The zero-order valence-corrected chi connectivity index (χ0v) is 14.3. The number of hydrogen-bond acceptors (Lipinski definition) is 4. The van der Waals surface area contributed by atoms with Crippen molar-refractivity contribution in [1.29, 1.82) is 0 Å². The van der Waals surface area contributed by atoms with Crippen LogP contribution in [-0.2, 0) is 0 Å². The molecule has 1 heterocycles. The lowest BCUT2D eigenvalue weighted by atomic mass is 10.3. The summed E-state index contributed by atoms with van der Waals surface area (Å²) in [6.07, 6.45) is 1.31. The van der Waals surface area contributed by atoms with Crippen LogP contribution in [0.5, 0.6) is 0 Å². The van der Waals surface area contributed by atoms with E-state index in [0.29, 0.717) is 0 Å². The zero-order chi connectivity index (χ0) is 14.8.